The van der Waals surface area contributed by atoms with E-state index < -0.39 is 10.0 Å². The second kappa shape index (κ2) is 8.79. The maximum absolute atomic E-state index is 11.9. The minimum absolute atomic E-state index is 0.284. The van der Waals surface area contributed by atoms with E-state index in [-0.39, 0.29) is 12.1 Å². The largest absolute Gasteiger partial charge is 0.492 e. The minimum atomic E-state index is -3.12. The summed E-state index contributed by atoms with van der Waals surface area (Å²) < 4.78 is 38.2. The molecule has 0 radical (unpaired) electrons. The van der Waals surface area contributed by atoms with Gasteiger partial charge in [-0.25, -0.2) is 13.4 Å². The Morgan fingerprint density at radius 3 is 2.47 bits per heavy atom. The Kier molecular flexibility index (Phi) is 6.02. The summed E-state index contributed by atoms with van der Waals surface area (Å²) in [6.07, 6.45) is 3.38. The summed E-state index contributed by atoms with van der Waals surface area (Å²) >= 11 is 7.49. The van der Waals surface area contributed by atoms with Crippen LogP contribution in [0.3, 0.4) is 0 Å². The van der Waals surface area contributed by atoms with E-state index >= 15 is 0 Å². The third-order valence-electron chi connectivity index (χ3n) is 6.05. The Labute approximate surface area is 196 Å². The average Bonchev–Trinajstić information content (AvgIpc) is 3.23. The quantitative estimate of drug-likeness (QED) is 0.490. The molecule has 10 heteroatoms. The zero-order valence-electron chi connectivity index (χ0n) is 17.6. The normalized spacial score (nSPS) is 21.8. The number of benzene rings is 2. The molecule has 2 aliphatic rings. The summed E-state index contributed by atoms with van der Waals surface area (Å²) in [6.45, 7) is 2.52. The van der Waals surface area contributed by atoms with Gasteiger partial charge in [-0.3, -0.25) is 4.90 Å². The van der Waals surface area contributed by atoms with Crippen molar-refractivity contribution in [2.45, 2.75) is 24.9 Å². The van der Waals surface area contributed by atoms with Crippen LogP contribution in [0.2, 0.25) is 5.02 Å². The SMILES string of the molecule is CS(=O)(=O)N1CC2CCC(C1)N2CCOc1ccc(Oc2nc3cc(Cl)ccc3s2)cc1. The summed E-state index contributed by atoms with van der Waals surface area (Å²) in [6, 6.07) is 13.7. The van der Waals surface area contributed by atoms with Gasteiger partial charge in [0.1, 0.15) is 18.1 Å². The maximum Gasteiger partial charge on any atom is 0.279 e. The third-order valence-corrected chi connectivity index (χ3v) is 8.43. The van der Waals surface area contributed by atoms with E-state index in [1.807, 2.05) is 42.5 Å². The first-order valence-electron chi connectivity index (χ1n) is 10.5. The highest BCUT2D eigenvalue weighted by molar-refractivity contribution is 7.88. The highest BCUT2D eigenvalue weighted by Gasteiger charge is 2.42. The molecule has 2 fully saturated rings. The molecule has 0 amide bonds. The number of ether oxygens (including phenoxy) is 2. The van der Waals surface area contributed by atoms with Gasteiger partial charge in [0.05, 0.1) is 16.5 Å². The molecule has 2 bridgehead atoms. The standard InChI is InChI=1S/C22H24ClN3O4S2/c1-32(27,28)25-13-16-3-4-17(14-25)26(16)10-11-29-18-5-7-19(8-6-18)30-22-24-20-12-15(23)2-9-21(20)31-22/h2,5-9,12,16-17H,3-4,10-11,13-14H2,1H3. The molecular formula is C22H24ClN3O4S2. The Morgan fingerprint density at radius 1 is 1.09 bits per heavy atom. The first-order valence-corrected chi connectivity index (χ1v) is 13.6. The second-order valence-electron chi connectivity index (χ2n) is 8.22. The van der Waals surface area contributed by atoms with Crippen LogP contribution in [0, 0.1) is 0 Å². The fourth-order valence-electron chi connectivity index (χ4n) is 4.48. The highest BCUT2D eigenvalue weighted by Crippen LogP contribution is 2.33. The fourth-order valence-corrected chi connectivity index (χ4v) is 6.35. The van der Waals surface area contributed by atoms with Gasteiger partial charge in [-0.05, 0) is 55.3 Å². The van der Waals surface area contributed by atoms with E-state index in [1.54, 1.807) is 4.31 Å². The number of nitrogens with zero attached hydrogens (tertiary/aromatic N) is 3. The van der Waals surface area contributed by atoms with Crippen LogP contribution >= 0.6 is 22.9 Å². The molecule has 170 valence electrons. The molecule has 1 aromatic heterocycles. The van der Waals surface area contributed by atoms with E-state index in [2.05, 4.69) is 9.88 Å². The predicted molar refractivity (Wildman–Crippen MR) is 127 cm³/mol. The first kappa shape index (κ1) is 21.9. The zero-order chi connectivity index (χ0) is 22.3. The Bertz CT molecular complexity index is 1200. The lowest BCUT2D eigenvalue weighted by Gasteiger charge is -2.39. The Hall–Kier alpha value is -1.91. The van der Waals surface area contributed by atoms with E-state index in [9.17, 15) is 8.42 Å². The molecular weight excluding hydrogens is 470 g/mol. The number of aromatic nitrogens is 1. The van der Waals surface area contributed by atoms with Crippen LogP contribution in [-0.4, -0.2) is 67.2 Å². The zero-order valence-corrected chi connectivity index (χ0v) is 20.0. The maximum atomic E-state index is 11.9. The third kappa shape index (κ3) is 4.72. The van der Waals surface area contributed by atoms with Crippen molar-refractivity contribution in [2.24, 2.45) is 0 Å². The lowest BCUT2D eigenvalue weighted by atomic mass is 10.2. The lowest BCUT2D eigenvalue weighted by Crippen LogP contribution is -2.55. The number of fused-ring (bicyclic) bond motifs is 3. The van der Waals surface area contributed by atoms with Crippen molar-refractivity contribution < 1.29 is 17.9 Å². The van der Waals surface area contributed by atoms with Crippen molar-refractivity contribution >= 4 is 43.2 Å². The molecule has 0 aliphatic carbocycles. The van der Waals surface area contributed by atoms with Crippen molar-refractivity contribution in [1.29, 1.82) is 0 Å². The molecule has 32 heavy (non-hydrogen) atoms. The molecule has 5 rings (SSSR count). The van der Waals surface area contributed by atoms with Crippen LogP contribution < -0.4 is 9.47 Å². The molecule has 3 aromatic rings. The van der Waals surface area contributed by atoms with Crippen molar-refractivity contribution in [3.8, 4) is 16.7 Å². The molecule has 2 saturated heterocycles. The Morgan fingerprint density at radius 2 is 1.78 bits per heavy atom. The number of thiazole rings is 1. The van der Waals surface area contributed by atoms with Gasteiger partial charge >= 0.3 is 0 Å². The molecule has 2 unspecified atom stereocenters. The summed E-state index contributed by atoms with van der Waals surface area (Å²) in [5.41, 5.74) is 0.823. The summed E-state index contributed by atoms with van der Waals surface area (Å²) in [7, 11) is -3.12. The van der Waals surface area contributed by atoms with E-state index in [0.717, 1.165) is 35.4 Å². The predicted octanol–water partition coefficient (Wildman–Crippen LogP) is 4.23. The lowest BCUT2D eigenvalue weighted by molar-refractivity contribution is 0.0930. The molecule has 2 atom stereocenters. The molecule has 3 heterocycles. The van der Waals surface area contributed by atoms with Crippen LogP contribution in [0.15, 0.2) is 42.5 Å². The van der Waals surface area contributed by atoms with Gasteiger partial charge in [-0.1, -0.05) is 22.9 Å². The number of hydrogen-bond donors (Lipinski definition) is 0. The van der Waals surface area contributed by atoms with Gasteiger partial charge < -0.3 is 9.47 Å². The van der Waals surface area contributed by atoms with Crippen molar-refractivity contribution in [1.82, 2.24) is 14.2 Å². The van der Waals surface area contributed by atoms with Crippen molar-refractivity contribution in [3.63, 3.8) is 0 Å². The molecule has 2 aliphatic heterocycles. The Balaban J connectivity index is 1.14. The van der Waals surface area contributed by atoms with Crippen LogP contribution in [0.25, 0.3) is 10.2 Å². The summed E-state index contributed by atoms with van der Waals surface area (Å²) in [4.78, 5) is 6.87. The second-order valence-corrected chi connectivity index (χ2v) is 11.6. The van der Waals surface area contributed by atoms with Crippen molar-refractivity contribution in [3.05, 3.63) is 47.5 Å². The monoisotopic (exact) mass is 493 g/mol. The van der Waals surface area contributed by atoms with Gasteiger partial charge in [-0.2, -0.15) is 4.31 Å². The number of rotatable bonds is 7. The van der Waals surface area contributed by atoms with Crippen LogP contribution in [0.4, 0.5) is 0 Å². The minimum Gasteiger partial charge on any atom is -0.492 e. The van der Waals surface area contributed by atoms with E-state index in [0.29, 0.717) is 35.7 Å². The molecule has 0 spiro atoms. The van der Waals surface area contributed by atoms with Crippen molar-refractivity contribution in [2.75, 3.05) is 32.5 Å². The molecule has 0 saturated carbocycles. The van der Waals surface area contributed by atoms with Gasteiger partial charge in [-0.15, -0.1) is 0 Å². The highest BCUT2D eigenvalue weighted by atomic mass is 35.5. The van der Waals surface area contributed by atoms with Gasteiger partial charge in [0.2, 0.25) is 10.0 Å². The molecule has 0 N–H and O–H groups in total. The van der Waals surface area contributed by atoms with E-state index in [1.165, 1.54) is 17.6 Å². The number of piperazine rings is 1. The van der Waals surface area contributed by atoms with Gasteiger partial charge in [0, 0.05) is 36.7 Å². The van der Waals surface area contributed by atoms with Gasteiger partial charge in [0.15, 0.2) is 0 Å². The van der Waals surface area contributed by atoms with Crippen LogP contribution in [0.1, 0.15) is 12.8 Å². The fraction of sp³-hybridized carbons (Fsp3) is 0.409. The van der Waals surface area contributed by atoms with Crippen LogP contribution in [-0.2, 0) is 10.0 Å². The summed E-state index contributed by atoms with van der Waals surface area (Å²) in [5, 5.41) is 1.22. The average molecular weight is 494 g/mol. The van der Waals surface area contributed by atoms with Crippen LogP contribution in [0.5, 0.6) is 16.7 Å². The smallest absolute Gasteiger partial charge is 0.279 e. The number of halogens is 1. The molecule has 2 aromatic carbocycles. The first-order chi connectivity index (χ1) is 15.3. The topological polar surface area (TPSA) is 72.0 Å². The van der Waals surface area contributed by atoms with Gasteiger partial charge in [0.25, 0.3) is 5.19 Å². The number of sulfonamides is 1. The molecule has 7 nitrogen and oxygen atoms in total. The number of hydrogen-bond acceptors (Lipinski definition) is 7. The van der Waals surface area contributed by atoms with E-state index in [4.69, 9.17) is 21.1 Å². The summed E-state index contributed by atoms with van der Waals surface area (Å²) in [5.74, 6) is 1.47.